The Labute approximate surface area is 242 Å². The van der Waals surface area contributed by atoms with E-state index in [0.29, 0.717) is 38.0 Å². The minimum Gasteiger partial charge on any atom is -0.489 e. The minimum absolute atomic E-state index is 0.0642. The molecule has 38 heavy (non-hydrogen) atoms. The fourth-order valence-electron chi connectivity index (χ4n) is 2.84. The maximum atomic E-state index is 12.1. The number of amides is 1. The largest absolute Gasteiger partial charge is 0.489 e. The van der Waals surface area contributed by atoms with E-state index in [1.807, 2.05) is 34.6 Å². The van der Waals surface area contributed by atoms with Crippen LogP contribution in [0, 0.1) is 12.3 Å². The fraction of sp³-hybridized carbons (Fsp3) is 0.370. The smallest absolute Gasteiger partial charge is 0.442 e. The van der Waals surface area contributed by atoms with E-state index >= 15 is 0 Å². The number of benzene rings is 2. The van der Waals surface area contributed by atoms with E-state index < -0.39 is 11.3 Å². The number of aromatic nitrogens is 2. The number of hydrogen-bond donors (Lipinski definition) is 1. The Morgan fingerprint density at radius 3 is 2.08 bits per heavy atom. The summed E-state index contributed by atoms with van der Waals surface area (Å²) < 4.78 is 11.9. The first-order chi connectivity index (χ1) is 17.4. The van der Waals surface area contributed by atoms with Crippen LogP contribution in [0.4, 0.5) is 0 Å². The Kier molecular flexibility index (Phi) is 10.4. The van der Waals surface area contributed by atoms with Crippen LogP contribution in [0.3, 0.4) is 0 Å². The van der Waals surface area contributed by atoms with Crippen molar-refractivity contribution >= 4 is 52.3 Å². The van der Waals surface area contributed by atoms with Crippen LogP contribution in [0.1, 0.15) is 64.7 Å². The first-order valence-electron chi connectivity index (χ1n) is 11.5. The topological polar surface area (TPSA) is 86.4 Å². The van der Waals surface area contributed by atoms with Crippen molar-refractivity contribution in [2.24, 2.45) is 0 Å². The van der Waals surface area contributed by atoms with Gasteiger partial charge < -0.3 is 14.5 Å². The van der Waals surface area contributed by atoms with E-state index in [9.17, 15) is 9.59 Å². The molecule has 3 rings (SSSR count). The van der Waals surface area contributed by atoms with Crippen molar-refractivity contribution in [3.63, 3.8) is 0 Å². The normalized spacial score (nSPS) is 11.4. The maximum Gasteiger partial charge on any atom is 0.442 e. The molecule has 204 valence electrons. The van der Waals surface area contributed by atoms with E-state index in [4.69, 9.17) is 62.0 Å². The standard InChI is InChI=1S/C15H18Cl2N2O3.C12H11Cl2NO/c1-8(2)21-12-7-11(9(16)6-10(12)17)19-14(20)22-13(18-19)15(3,4)5;1-4-12(2,3)15-11(16)8-5-9(13)7-10(14)6-8/h6-8H,1-5H3;1,5-7H,2-3H3,(H,15,16). The van der Waals surface area contributed by atoms with E-state index in [1.165, 1.54) is 18.2 Å². The van der Waals surface area contributed by atoms with E-state index in [0.717, 1.165) is 4.68 Å². The molecule has 1 N–H and O–H groups in total. The predicted octanol–water partition coefficient (Wildman–Crippen LogP) is 7.35. The Balaban J connectivity index is 0.000000281. The molecule has 0 unspecified atom stereocenters. The van der Waals surface area contributed by atoms with Crippen LogP contribution in [-0.4, -0.2) is 27.3 Å². The molecular weight excluding hydrogens is 572 g/mol. The average Bonchev–Trinajstić information content (AvgIpc) is 3.17. The van der Waals surface area contributed by atoms with Gasteiger partial charge in [0.1, 0.15) is 5.75 Å². The summed E-state index contributed by atoms with van der Waals surface area (Å²) in [5.74, 6) is 2.33. The summed E-state index contributed by atoms with van der Waals surface area (Å²) in [7, 11) is 0. The molecule has 2 aromatic carbocycles. The van der Waals surface area contributed by atoms with Gasteiger partial charge >= 0.3 is 5.76 Å². The third-order valence-corrected chi connectivity index (χ3v) is 5.73. The third-order valence-electron chi connectivity index (χ3n) is 4.69. The third kappa shape index (κ3) is 8.71. The zero-order valence-corrected chi connectivity index (χ0v) is 25.1. The monoisotopic (exact) mass is 599 g/mol. The van der Waals surface area contributed by atoms with Crippen molar-refractivity contribution in [1.82, 2.24) is 15.1 Å². The fourth-order valence-corrected chi connectivity index (χ4v) is 3.87. The van der Waals surface area contributed by atoms with E-state index in [1.54, 1.807) is 26.0 Å². The quantitative estimate of drug-likeness (QED) is 0.309. The highest BCUT2D eigenvalue weighted by Crippen LogP contribution is 2.33. The summed E-state index contributed by atoms with van der Waals surface area (Å²) >= 11 is 23.9. The molecule has 0 saturated heterocycles. The molecule has 0 radical (unpaired) electrons. The van der Waals surface area contributed by atoms with Crippen molar-refractivity contribution in [3.05, 3.63) is 72.4 Å². The second-order valence-electron chi connectivity index (χ2n) is 10.1. The number of rotatable bonds is 5. The molecule has 0 aliphatic rings. The van der Waals surface area contributed by atoms with Crippen LogP contribution in [-0.2, 0) is 5.41 Å². The highest BCUT2D eigenvalue weighted by Gasteiger charge is 2.24. The lowest BCUT2D eigenvalue weighted by Crippen LogP contribution is -2.42. The summed E-state index contributed by atoms with van der Waals surface area (Å²) in [4.78, 5) is 23.9. The zero-order chi connectivity index (χ0) is 29.0. The Morgan fingerprint density at radius 1 is 1.03 bits per heavy atom. The number of terminal acetylenes is 1. The number of nitrogens with zero attached hydrogens (tertiary/aromatic N) is 2. The van der Waals surface area contributed by atoms with Crippen LogP contribution < -0.4 is 15.8 Å². The Bertz CT molecular complexity index is 1390. The first kappa shape index (κ1) is 31.6. The van der Waals surface area contributed by atoms with Gasteiger partial charge in [-0.05, 0) is 52.0 Å². The second-order valence-corrected chi connectivity index (χ2v) is 11.8. The maximum absolute atomic E-state index is 12.1. The summed E-state index contributed by atoms with van der Waals surface area (Å²) in [5.41, 5.74) is -0.335. The number of ether oxygens (including phenoxy) is 1. The van der Waals surface area contributed by atoms with E-state index in [-0.39, 0.29) is 22.4 Å². The highest BCUT2D eigenvalue weighted by atomic mass is 35.5. The van der Waals surface area contributed by atoms with Gasteiger partial charge in [-0.1, -0.05) is 73.1 Å². The molecule has 0 saturated carbocycles. The van der Waals surface area contributed by atoms with Crippen LogP contribution in [0.5, 0.6) is 5.75 Å². The average molecular weight is 601 g/mol. The van der Waals surface area contributed by atoms with Gasteiger partial charge in [-0.2, -0.15) is 4.68 Å². The van der Waals surface area contributed by atoms with Crippen LogP contribution in [0.25, 0.3) is 5.69 Å². The predicted molar refractivity (Wildman–Crippen MR) is 153 cm³/mol. The molecule has 0 aliphatic heterocycles. The number of carbonyl (C=O) groups excluding carboxylic acids is 1. The summed E-state index contributed by atoms with van der Waals surface area (Å²) in [6.45, 7) is 12.9. The van der Waals surface area contributed by atoms with Gasteiger partial charge in [-0.3, -0.25) is 4.79 Å². The van der Waals surface area contributed by atoms with Crippen LogP contribution >= 0.6 is 46.4 Å². The van der Waals surface area contributed by atoms with Gasteiger partial charge in [0.2, 0.25) is 5.89 Å². The molecule has 0 aliphatic carbocycles. The van der Waals surface area contributed by atoms with Gasteiger partial charge in [0.15, 0.2) is 0 Å². The van der Waals surface area contributed by atoms with Crippen molar-refractivity contribution in [1.29, 1.82) is 0 Å². The van der Waals surface area contributed by atoms with Gasteiger partial charge in [0, 0.05) is 27.1 Å². The molecule has 7 nitrogen and oxygen atoms in total. The molecule has 0 spiro atoms. The summed E-state index contributed by atoms with van der Waals surface area (Å²) in [6, 6.07) is 7.74. The lowest BCUT2D eigenvalue weighted by molar-refractivity contribution is 0.0930. The van der Waals surface area contributed by atoms with Crippen LogP contribution in [0.15, 0.2) is 39.5 Å². The van der Waals surface area contributed by atoms with Gasteiger partial charge in [-0.15, -0.1) is 11.5 Å². The Hall–Kier alpha value is -2.63. The lowest BCUT2D eigenvalue weighted by atomic mass is 9.97. The van der Waals surface area contributed by atoms with Crippen molar-refractivity contribution in [2.45, 2.75) is 65.5 Å². The number of carbonyl (C=O) groups is 1. The molecular formula is C27H29Cl4N3O4. The molecule has 3 aromatic rings. The highest BCUT2D eigenvalue weighted by molar-refractivity contribution is 6.36. The van der Waals surface area contributed by atoms with Crippen molar-refractivity contribution < 1.29 is 13.9 Å². The van der Waals surface area contributed by atoms with Crippen molar-refractivity contribution in [2.75, 3.05) is 0 Å². The number of nitrogens with one attached hydrogen (secondary N) is 1. The number of hydrogen-bond acceptors (Lipinski definition) is 5. The molecule has 1 heterocycles. The molecule has 11 heteroatoms. The lowest BCUT2D eigenvalue weighted by Gasteiger charge is -2.19. The van der Waals surface area contributed by atoms with E-state index in [2.05, 4.69) is 16.3 Å². The molecule has 0 bridgehead atoms. The summed E-state index contributed by atoms with van der Waals surface area (Å²) in [6.07, 6.45) is 5.21. The van der Waals surface area contributed by atoms with Gasteiger partial charge in [-0.25, -0.2) is 4.79 Å². The minimum atomic E-state index is -0.703. The first-order valence-corrected chi connectivity index (χ1v) is 13.0. The molecule has 1 aromatic heterocycles. The Morgan fingerprint density at radius 2 is 1.61 bits per heavy atom. The van der Waals surface area contributed by atoms with Crippen molar-refractivity contribution in [3.8, 4) is 23.8 Å². The summed E-state index contributed by atoms with van der Waals surface area (Å²) in [5, 5.41) is 8.39. The molecule has 0 atom stereocenters. The van der Waals surface area contributed by atoms with Gasteiger partial charge in [0.05, 0.1) is 27.4 Å². The van der Waals surface area contributed by atoms with Gasteiger partial charge in [0.25, 0.3) is 5.91 Å². The van der Waals surface area contributed by atoms with Crippen LogP contribution in [0.2, 0.25) is 20.1 Å². The number of halogens is 4. The molecule has 0 fully saturated rings. The SMILES string of the molecule is C#CC(C)(C)NC(=O)c1cc(Cl)cc(Cl)c1.CC(C)Oc1cc(-n2nc(C(C)(C)C)oc2=O)c(Cl)cc1Cl. The molecule has 1 amide bonds. The second kappa shape index (κ2) is 12.5. The zero-order valence-electron chi connectivity index (χ0n) is 22.1.